The van der Waals surface area contributed by atoms with E-state index in [9.17, 15) is 4.79 Å². The Morgan fingerprint density at radius 3 is 2.82 bits per heavy atom. The number of ether oxygens (including phenoxy) is 1. The maximum Gasteiger partial charge on any atom is 0.251 e. The predicted molar refractivity (Wildman–Crippen MR) is 69.4 cm³/mol. The Hall–Kier alpha value is -1.51. The van der Waals surface area contributed by atoms with Crippen molar-refractivity contribution in [1.82, 2.24) is 5.32 Å². The molecule has 1 N–H and O–H groups in total. The van der Waals surface area contributed by atoms with Crippen molar-refractivity contribution >= 4 is 5.91 Å². The third kappa shape index (κ3) is 4.47. The van der Waals surface area contributed by atoms with E-state index < -0.39 is 0 Å². The van der Waals surface area contributed by atoms with Crippen LogP contribution < -0.4 is 10.1 Å². The van der Waals surface area contributed by atoms with Gasteiger partial charge in [0.05, 0.1) is 6.61 Å². The summed E-state index contributed by atoms with van der Waals surface area (Å²) in [6.07, 6.45) is 1.89. The molecule has 0 aliphatic rings. The number of rotatable bonds is 6. The maximum absolute atomic E-state index is 11.9. The molecule has 3 heteroatoms. The van der Waals surface area contributed by atoms with Crippen molar-refractivity contribution in [2.45, 2.75) is 39.7 Å². The monoisotopic (exact) mass is 235 g/mol. The maximum atomic E-state index is 11.9. The molecular weight excluding hydrogens is 214 g/mol. The van der Waals surface area contributed by atoms with Gasteiger partial charge in [-0.1, -0.05) is 19.9 Å². The van der Waals surface area contributed by atoms with Gasteiger partial charge in [0.15, 0.2) is 0 Å². The summed E-state index contributed by atoms with van der Waals surface area (Å²) in [5, 5.41) is 2.93. The molecule has 0 aliphatic heterocycles. The second-order valence-corrected chi connectivity index (χ2v) is 4.16. The molecule has 3 nitrogen and oxygen atoms in total. The summed E-state index contributed by atoms with van der Waals surface area (Å²) in [5.41, 5.74) is 0.652. The van der Waals surface area contributed by atoms with Gasteiger partial charge in [0.25, 0.3) is 5.91 Å². The SMILES string of the molecule is CCCOc1cccc(C(=O)NC(C)CC)c1. The van der Waals surface area contributed by atoms with Crippen molar-refractivity contribution in [2.24, 2.45) is 0 Å². The van der Waals surface area contributed by atoms with Crippen LogP contribution in [0.2, 0.25) is 0 Å². The fourth-order valence-electron chi connectivity index (χ4n) is 1.36. The van der Waals surface area contributed by atoms with Crippen molar-refractivity contribution in [1.29, 1.82) is 0 Å². The number of benzene rings is 1. The Labute approximate surface area is 103 Å². The largest absolute Gasteiger partial charge is 0.494 e. The molecule has 0 aliphatic carbocycles. The molecule has 0 aromatic heterocycles. The molecular formula is C14H21NO2. The van der Waals surface area contributed by atoms with Gasteiger partial charge in [0.1, 0.15) is 5.75 Å². The Bertz CT molecular complexity index is 363. The van der Waals surface area contributed by atoms with Gasteiger partial charge in [-0.2, -0.15) is 0 Å². The zero-order valence-corrected chi connectivity index (χ0v) is 10.8. The van der Waals surface area contributed by atoms with E-state index in [1.165, 1.54) is 0 Å². The molecule has 0 spiro atoms. The lowest BCUT2D eigenvalue weighted by Gasteiger charge is -2.12. The Morgan fingerprint density at radius 2 is 2.18 bits per heavy atom. The number of carbonyl (C=O) groups is 1. The highest BCUT2D eigenvalue weighted by Gasteiger charge is 2.08. The first-order valence-corrected chi connectivity index (χ1v) is 6.21. The highest BCUT2D eigenvalue weighted by molar-refractivity contribution is 5.94. The number of carbonyl (C=O) groups excluding carboxylic acids is 1. The third-order valence-corrected chi connectivity index (χ3v) is 2.56. The molecule has 0 heterocycles. The highest BCUT2D eigenvalue weighted by Crippen LogP contribution is 2.13. The van der Waals surface area contributed by atoms with Crippen LogP contribution in [-0.2, 0) is 0 Å². The summed E-state index contributed by atoms with van der Waals surface area (Å²) >= 11 is 0. The van der Waals surface area contributed by atoms with Crippen LogP contribution in [0.15, 0.2) is 24.3 Å². The van der Waals surface area contributed by atoms with Crippen LogP contribution in [0.25, 0.3) is 0 Å². The Morgan fingerprint density at radius 1 is 1.41 bits per heavy atom. The van der Waals surface area contributed by atoms with E-state index in [0.29, 0.717) is 12.2 Å². The van der Waals surface area contributed by atoms with Gasteiger partial charge in [-0.05, 0) is 38.0 Å². The van der Waals surface area contributed by atoms with Crippen LogP contribution in [0.3, 0.4) is 0 Å². The Balaban J connectivity index is 2.66. The molecule has 94 valence electrons. The van der Waals surface area contributed by atoms with Gasteiger partial charge < -0.3 is 10.1 Å². The van der Waals surface area contributed by atoms with Crippen LogP contribution in [0, 0.1) is 0 Å². The lowest BCUT2D eigenvalue weighted by atomic mass is 10.2. The molecule has 1 atom stereocenters. The van der Waals surface area contributed by atoms with Gasteiger partial charge in [-0.25, -0.2) is 0 Å². The Kier molecular flexibility index (Phi) is 5.53. The summed E-state index contributed by atoms with van der Waals surface area (Å²) in [7, 11) is 0. The van der Waals surface area contributed by atoms with Crippen LogP contribution >= 0.6 is 0 Å². The third-order valence-electron chi connectivity index (χ3n) is 2.56. The van der Waals surface area contributed by atoms with E-state index >= 15 is 0 Å². The van der Waals surface area contributed by atoms with E-state index in [0.717, 1.165) is 18.6 Å². The van der Waals surface area contributed by atoms with Crippen LogP contribution in [0.1, 0.15) is 44.0 Å². The van der Waals surface area contributed by atoms with Crippen LogP contribution in [-0.4, -0.2) is 18.6 Å². The van der Waals surface area contributed by atoms with Gasteiger partial charge in [0.2, 0.25) is 0 Å². The van der Waals surface area contributed by atoms with Crippen molar-refractivity contribution in [2.75, 3.05) is 6.61 Å². The zero-order chi connectivity index (χ0) is 12.7. The first-order valence-electron chi connectivity index (χ1n) is 6.21. The second-order valence-electron chi connectivity index (χ2n) is 4.16. The summed E-state index contributed by atoms with van der Waals surface area (Å²) in [6.45, 7) is 6.77. The molecule has 0 radical (unpaired) electrons. The highest BCUT2D eigenvalue weighted by atomic mass is 16.5. The van der Waals surface area contributed by atoms with Gasteiger partial charge in [0, 0.05) is 11.6 Å². The minimum absolute atomic E-state index is 0.0405. The zero-order valence-electron chi connectivity index (χ0n) is 10.8. The lowest BCUT2D eigenvalue weighted by molar-refractivity contribution is 0.0939. The summed E-state index contributed by atoms with van der Waals surface area (Å²) in [5.74, 6) is 0.713. The van der Waals surface area contributed by atoms with Gasteiger partial charge in [-0.3, -0.25) is 4.79 Å². The molecule has 1 unspecified atom stereocenters. The molecule has 1 aromatic rings. The minimum atomic E-state index is -0.0405. The molecule has 0 fully saturated rings. The van der Waals surface area contributed by atoms with Crippen molar-refractivity contribution in [3.63, 3.8) is 0 Å². The summed E-state index contributed by atoms with van der Waals surface area (Å²) in [4.78, 5) is 11.9. The molecule has 1 aromatic carbocycles. The minimum Gasteiger partial charge on any atom is -0.494 e. The fraction of sp³-hybridized carbons (Fsp3) is 0.500. The molecule has 1 rings (SSSR count). The van der Waals surface area contributed by atoms with Crippen molar-refractivity contribution in [3.8, 4) is 5.75 Å². The quantitative estimate of drug-likeness (QED) is 0.823. The second kappa shape index (κ2) is 6.94. The van der Waals surface area contributed by atoms with E-state index in [4.69, 9.17) is 4.74 Å². The van der Waals surface area contributed by atoms with E-state index in [-0.39, 0.29) is 11.9 Å². The normalized spacial score (nSPS) is 11.9. The molecule has 0 saturated heterocycles. The molecule has 0 saturated carbocycles. The average Bonchev–Trinajstić information content (AvgIpc) is 2.36. The molecule has 0 bridgehead atoms. The molecule has 17 heavy (non-hydrogen) atoms. The number of hydrogen-bond acceptors (Lipinski definition) is 2. The first-order chi connectivity index (χ1) is 8.17. The van der Waals surface area contributed by atoms with Crippen LogP contribution in [0.5, 0.6) is 5.75 Å². The van der Waals surface area contributed by atoms with Gasteiger partial charge >= 0.3 is 0 Å². The fourth-order valence-corrected chi connectivity index (χ4v) is 1.36. The number of nitrogens with one attached hydrogen (secondary N) is 1. The first kappa shape index (κ1) is 13.6. The smallest absolute Gasteiger partial charge is 0.251 e. The summed E-state index contributed by atoms with van der Waals surface area (Å²) in [6, 6.07) is 7.50. The topological polar surface area (TPSA) is 38.3 Å². The summed E-state index contributed by atoms with van der Waals surface area (Å²) < 4.78 is 5.50. The lowest BCUT2D eigenvalue weighted by Crippen LogP contribution is -2.31. The van der Waals surface area contributed by atoms with Crippen molar-refractivity contribution in [3.05, 3.63) is 29.8 Å². The number of amides is 1. The van der Waals surface area contributed by atoms with Gasteiger partial charge in [-0.15, -0.1) is 0 Å². The standard InChI is InChI=1S/C14H21NO2/c1-4-9-17-13-8-6-7-12(10-13)14(16)15-11(3)5-2/h6-8,10-11H,4-5,9H2,1-3H3,(H,15,16). The molecule has 1 amide bonds. The van der Waals surface area contributed by atoms with E-state index in [1.807, 2.05) is 26.0 Å². The average molecular weight is 235 g/mol. The van der Waals surface area contributed by atoms with Crippen molar-refractivity contribution < 1.29 is 9.53 Å². The van der Waals surface area contributed by atoms with E-state index in [2.05, 4.69) is 12.2 Å². The van der Waals surface area contributed by atoms with E-state index in [1.54, 1.807) is 12.1 Å². The number of hydrogen-bond donors (Lipinski definition) is 1. The predicted octanol–water partition coefficient (Wildman–Crippen LogP) is 3.00. The van der Waals surface area contributed by atoms with Crippen LogP contribution in [0.4, 0.5) is 0 Å².